The summed E-state index contributed by atoms with van der Waals surface area (Å²) < 4.78 is 48.6. The minimum Gasteiger partial charge on any atom is -0.496 e. The molecular weight excluding hydrogens is 359 g/mol. The van der Waals surface area contributed by atoms with Crippen molar-refractivity contribution in [1.82, 2.24) is 5.32 Å². The molecule has 146 valence electrons. The number of carbonyl (C=O) groups excluding carboxylic acids is 1. The first kappa shape index (κ1) is 20.6. The van der Waals surface area contributed by atoms with Gasteiger partial charge >= 0.3 is 6.18 Å². The first-order valence-electron chi connectivity index (χ1n) is 8.48. The zero-order valence-corrected chi connectivity index (χ0v) is 15.4. The summed E-state index contributed by atoms with van der Waals surface area (Å²) >= 11 is 0. The van der Waals surface area contributed by atoms with E-state index in [2.05, 4.69) is 5.32 Å². The normalized spacial score (nSPS) is 12.4. The van der Waals surface area contributed by atoms with Crippen molar-refractivity contribution in [1.29, 1.82) is 0 Å². The second kappa shape index (κ2) is 8.79. The minimum atomic E-state index is -4.46. The maximum absolute atomic E-state index is 12.7. The van der Waals surface area contributed by atoms with E-state index in [0.717, 1.165) is 29.0 Å². The lowest BCUT2D eigenvalue weighted by molar-refractivity contribution is -0.137. The third-order valence-corrected chi connectivity index (χ3v) is 4.10. The molecule has 1 N–H and O–H groups in total. The number of hydrogen-bond acceptors (Lipinski definition) is 3. The Morgan fingerprint density at radius 1 is 1.19 bits per heavy atom. The lowest BCUT2D eigenvalue weighted by atomic mass is 10.0. The Morgan fingerprint density at radius 3 is 2.52 bits per heavy atom. The van der Waals surface area contributed by atoms with Crippen molar-refractivity contribution in [3.05, 3.63) is 59.2 Å². The maximum Gasteiger partial charge on any atom is 0.416 e. The van der Waals surface area contributed by atoms with Crippen LogP contribution in [-0.2, 0) is 11.0 Å². The van der Waals surface area contributed by atoms with Crippen LogP contribution in [0.15, 0.2) is 42.5 Å². The SMILES string of the molecule is CC[C@@H](NC(=O)COc1cccc(C(F)(F)F)c1)c1ccc(OC)c(C)c1. The molecule has 0 aliphatic heterocycles. The fourth-order valence-corrected chi connectivity index (χ4v) is 2.69. The number of alkyl halides is 3. The fraction of sp³-hybridized carbons (Fsp3) is 0.350. The van der Waals surface area contributed by atoms with Gasteiger partial charge in [0.05, 0.1) is 18.7 Å². The van der Waals surface area contributed by atoms with Crippen molar-refractivity contribution in [2.75, 3.05) is 13.7 Å². The van der Waals surface area contributed by atoms with Crippen LogP contribution < -0.4 is 14.8 Å². The van der Waals surface area contributed by atoms with Crippen LogP contribution in [-0.4, -0.2) is 19.6 Å². The Balaban J connectivity index is 1.99. The predicted molar refractivity (Wildman–Crippen MR) is 95.8 cm³/mol. The van der Waals surface area contributed by atoms with E-state index in [4.69, 9.17) is 9.47 Å². The molecule has 0 aromatic heterocycles. The quantitative estimate of drug-likeness (QED) is 0.758. The highest BCUT2D eigenvalue weighted by Gasteiger charge is 2.30. The largest absolute Gasteiger partial charge is 0.496 e. The second-order valence-corrected chi connectivity index (χ2v) is 6.07. The van der Waals surface area contributed by atoms with Gasteiger partial charge in [0.15, 0.2) is 6.61 Å². The highest BCUT2D eigenvalue weighted by atomic mass is 19.4. The molecule has 0 saturated heterocycles. The van der Waals surface area contributed by atoms with Crippen molar-refractivity contribution < 1.29 is 27.4 Å². The van der Waals surface area contributed by atoms with Crippen LogP contribution in [0.5, 0.6) is 11.5 Å². The van der Waals surface area contributed by atoms with Crippen LogP contribution in [0.2, 0.25) is 0 Å². The smallest absolute Gasteiger partial charge is 0.416 e. The van der Waals surface area contributed by atoms with Crippen LogP contribution >= 0.6 is 0 Å². The van der Waals surface area contributed by atoms with E-state index < -0.39 is 17.6 Å². The molecule has 1 amide bonds. The van der Waals surface area contributed by atoms with Gasteiger partial charge < -0.3 is 14.8 Å². The first-order valence-corrected chi connectivity index (χ1v) is 8.48. The molecule has 0 aliphatic rings. The third kappa shape index (κ3) is 5.64. The summed E-state index contributed by atoms with van der Waals surface area (Å²) in [5, 5.41) is 2.84. The zero-order valence-electron chi connectivity index (χ0n) is 15.4. The average molecular weight is 381 g/mol. The Hall–Kier alpha value is -2.70. The second-order valence-electron chi connectivity index (χ2n) is 6.07. The molecule has 1 atom stereocenters. The van der Waals surface area contributed by atoms with Crippen LogP contribution in [0.3, 0.4) is 0 Å². The van der Waals surface area contributed by atoms with Crippen LogP contribution in [0.25, 0.3) is 0 Å². The van der Waals surface area contributed by atoms with Gasteiger partial charge in [-0.1, -0.05) is 25.1 Å². The van der Waals surface area contributed by atoms with E-state index in [1.165, 1.54) is 12.1 Å². The van der Waals surface area contributed by atoms with E-state index in [1.54, 1.807) is 7.11 Å². The molecule has 0 unspecified atom stereocenters. The number of amides is 1. The van der Waals surface area contributed by atoms with E-state index in [0.29, 0.717) is 6.42 Å². The van der Waals surface area contributed by atoms with Gasteiger partial charge in [-0.05, 0) is 48.7 Å². The van der Waals surface area contributed by atoms with E-state index in [1.807, 2.05) is 32.0 Å². The number of nitrogens with one attached hydrogen (secondary N) is 1. The lowest BCUT2D eigenvalue weighted by Gasteiger charge is -2.19. The summed E-state index contributed by atoms with van der Waals surface area (Å²) in [6.45, 7) is 3.47. The molecule has 4 nitrogen and oxygen atoms in total. The molecular formula is C20H22F3NO3. The van der Waals surface area contributed by atoms with E-state index in [9.17, 15) is 18.0 Å². The Bertz CT molecular complexity index is 790. The molecule has 0 fully saturated rings. The van der Waals surface area contributed by atoms with Gasteiger partial charge in [-0.2, -0.15) is 13.2 Å². The highest BCUT2D eigenvalue weighted by Crippen LogP contribution is 2.31. The molecule has 0 heterocycles. The summed E-state index contributed by atoms with van der Waals surface area (Å²) in [5.41, 5.74) is 1.05. The van der Waals surface area contributed by atoms with Gasteiger partial charge in [-0.3, -0.25) is 4.79 Å². The standard InChI is InChI=1S/C20H22F3NO3/c1-4-17(14-8-9-18(26-3)13(2)10-14)24-19(25)12-27-16-7-5-6-15(11-16)20(21,22)23/h5-11,17H,4,12H2,1-3H3,(H,24,25)/t17-/m1/s1. The lowest BCUT2D eigenvalue weighted by Crippen LogP contribution is -2.32. The summed E-state index contributed by atoms with van der Waals surface area (Å²) in [7, 11) is 1.59. The Kier molecular flexibility index (Phi) is 6.71. The summed E-state index contributed by atoms with van der Waals surface area (Å²) in [6.07, 6.45) is -3.80. The number of ether oxygens (including phenoxy) is 2. The number of hydrogen-bond donors (Lipinski definition) is 1. The van der Waals surface area contributed by atoms with Crippen molar-refractivity contribution in [2.24, 2.45) is 0 Å². The zero-order chi connectivity index (χ0) is 20.0. The molecule has 0 saturated carbocycles. The van der Waals surface area contributed by atoms with Crippen molar-refractivity contribution in [2.45, 2.75) is 32.5 Å². The molecule has 2 aromatic carbocycles. The van der Waals surface area contributed by atoms with Crippen molar-refractivity contribution >= 4 is 5.91 Å². The van der Waals surface area contributed by atoms with E-state index in [-0.39, 0.29) is 18.4 Å². The van der Waals surface area contributed by atoms with Gasteiger partial charge in [-0.25, -0.2) is 0 Å². The van der Waals surface area contributed by atoms with Crippen LogP contribution in [0, 0.1) is 6.92 Å². The molecule has 2 rings (SSSR count). The summed E-state index contributed by atoms with van der Waals surface area (Å²) in [4.78, 5) is 12.2. The molecule has 7 heteroatoms. The predicted octanol–water partition coefficient (Wildman–Crippen LogP) is 4.67. The van der Waals surface area contributed by atoms with Gasteiger partial charge in [0.25, 0.3) is 5.91 Å². The summed E-state index contributed by atoms with van der Waals surface area (Å²) in [6, 6.07) is 9.85. The van der Waals surface area contributed by atoms with Crippen molar-refractivity contribution in [3.63, 3.8) is 0 Å². The first-order chi connectivity index (χ1) is 12.7. The van der Waals surface area contributed by atoms with Gasteiger partial charge in [0.2, 0.25) is 0 Å². The molecule has 0 bridgehead atoms. The number of methoxy groups -OCH3 is 1. The van der Waals surface area contributed by atoms with Gasteiger partial charge in [0.1, 0.15) is 11.5 Å². The molecule has 0 radical (unpaired) electrons. The molecule has 0 aliphatic carbocycles. The highest BCUT2D eigenvalue weighted by molar-refractivity contribution is 5.78. The molecule has 0 spiro atoms. The molecule has 27 heavy (non-hydrogen) atoms. The number of rotatable bonds is 7. The number of halogens is 3. The average Bonchev–Trinajstić information content (AvgIpc) is 2.64. The number of aryl methyl sites for hydroxylation is 1. The van der Waals surface area contributed by atoms with Gasteiger partial charge in [-0.15, -0.1) is 0 Å². The third-order valence-electron chi connectivity index (χ3n) is 4.10. The summed E-state index contributed by atoms with van der Waals surface area (Å²) in [5.74, 6) is 0.342. The monoisotopic (exact) mass is 381 g/mol. The van der Waals surface area contributed by atoms with Crippen molar-refractivity contribution in [3.8, 4) is 11.5 Å². The maximum atomic E-state index is 12.7. The fourth-order valence-electron chi connectivity index (χ4n) is 2.69. The number of benzene rings is 2. The minimum absolute atomic E-state index is 0.00619. The molecule has 2 aromatic rings. The van der Waals surface area contributed by atoms with Crippen LogP contribution in [0.4, 0.5) is 13.2 Å². The number of carbonyl (C=O) groups is 1. The topological polar surface area (TPSA) is 47.6 Å². The van der Waals surface area contributed by atoms with Crippen LogP contribution in [0.1, 0.15) is 36.1 Å². The van der Waals surface area contributed by atoms with Gasteiger partial charge in [0, 0.05) is 0 Å². The Labute approximate surface area is 156 Å². The van der Waals surface area contributed by atoms with E-state index >= 15 is 0 Å². The Morgan fingerprint density at radius 2 is 1.93 bits per heavy atom.